The second-order valence-corrected chi connectivity index (χ2v) is 5.92. The topological polar surface area (TPSA) is 20.7 Å². The summed E-state index contributed by atoms with van der Waals surface area (Å²) in [5.74, 6) is 0. The third-order valence-corrected chi connectivity index (χ3v) is 4.00. The van der Waals surface area contributed by atoms with E-state index in [-0.39, 0.29) is 0 Å². The molecule has 1 aromatic heterocycles. The fourth-order valence-corrected chi connectivity index (χ4v) is 3.02. The fourth-order valence-electron chi connectivity index (χ4n) is 1.97. The van der Waals surface area contributed by atoms with Crippen LogP contribution in [0.2, 0.25) is 5.02 Å². The highest BCUT2D eigenvalue weighted by Gasteiger charge is 2.08. The molecule has 90 valence electrons. The normalized spacial score (nSPS) is 11.0. The van der Waals surface area contributed by atoms with E-state index in [1.807, 2.05) is 34.9 Å². The first-order valence-corrected chi connectivity index (χ1v) is 7.18. The zero-order valence-electron chi connectivity index (χ0n) is 9.15. The molecule has 0 aliphatic carbocycles. The van der Waals surface area contributed by atoms with E-state index in [0.717, 1.165) is 16.7 Å². The van der Waals surface area contributed by atoms with Crippen LogP contribution in [0, 0.1) is 8.34 Å². The van der Waals surface area contributed by atoms with Crippen LogP contribution in [0.1, 0.15) is 0 Å². The van der Waals surface area contributed by atoms with Crippen molar-refractivity contribution in [3.8, 4) is 5.69 Å². The van der Waals surface area contributed by atoms with Crippen molar-refractivity contribution >= 4 is 57.4 Å². The van der Waals surface area contributed by atoms with E-state index < -0.39 is 0 Å². The molecular formula is C13H8ClIN2S. The van der Waals surface area contributed by atoms with E-state index in [1.54, 1.807) is 0 Å². The average molecular weight is 387 g/mol. The molecule has 5 heteroatoms. The van der Waals surface area contributed by atoms with Crippen molar-refractivity contribution in [2.24, 2.45) is 0 Å². The number of H-pyrrole nitrogens is 1. The number of aromatic nitrogens is 2. The molecule has 0 atom stereocenters. The number of aromatic amines is 1. The van der Waals surface area contributed by atoms with E-state index in [4.69, 9.17) is 23.8 Å². The van der Waals surface area contributed by atoms with Gasteiger partial charge in [-0.05, 0) is 65.1 Å². The number of para-hydroxylation sites is 1. The summed E-state index contributed by atoms with van der Waals surface area (Å²) < 4.78 is 3.82. The van der Waals surface area contributed by atoms with Crippen molar-refractivity contribution in [3.63, 3.8) is 0 Å². The highest BCUT2D eigenvalue weighted by atomic mass is 127. The number of nitrogens with zero attached hydrogens (tertiary/aromatic N) is 1. The van der Waals surface area contributed by atoms with Crippen molar-refractivity contribution in [2.45, 2.75) is 0 Å². The number of hydrogen-bond donors (Lipinski definition) is 1. The summed E-state index contributed by atoms with van der Waals surface area (Å²) in [6.07, 6.45) is 0. The zero-order valence-corrected chi connectivity index (χ0v) is 12.9. The number of hydrogen-bond acceptors (Lipinski definition) is 1. The highest BCUT2D eigenvalue weighted by molar-refractivity contribution is 14.1. The smallest absolute Gasteiger partial charge is 0.182 e. The Kier molecular flexibility index (Phi) is 3.17. The monoisotopic (exact) mass is 386 g/mol. The predicted octanol–water partition coefficient (Wildman–Crippen LogP) is 4.95. The van der Waals surface area contributed by atoms with E-state index >= 15 is 0 Å². The number of halogens is 2. The van der Waals surface area contributed by atoms with Gasteiger partial charge in [0, 0.05) is 9.26 Å². The molecule has 0 bridgehead atoms. The maximum Gasteiger partial charge on any atom is 0.182 e. The lowest BCUT2D eigenvalue weighted by Gasteiger charge is -2.05. The Morgan fingerprint density at radius 2 is 1.94 bits per heavy atom. The Morgan fingerprint density at radius 3 is 2.72 bits per heavy atom. The van der Waals surface area contributed by atoms with Crippen LogP contribution in [0.4, 0.5) is 0 Å². The molecule has 0 aliphatic rings. The number of imidazole rings is 1. The van der Waals surface area contributed by atoms with Crippen molar-refractivity contribution in [3.05, 3.63) is 55.8 Å². The van der Waals surface area contributed by atoms with Crippen LogP contribution in [0.25, 0.3) is 16.7 Å². The summed E-state index contributed by atoms with van der Waals surface area (Å²) in [5, 5.41) is 0.683. The molecule has 2 aromatic carbocycles. The van der Waals surface area contributed by atoms with Crippen molar-refractivity contribution in [1.29, 1.82) is 0 Å². The lowest BCUT2D eigenvalue weighted by atomic mass is 10.3. The Bertz CT molecular complexity index is 791. The maximum atomic E-state index is 6.17. The standard InChI is InChI=1S/C13H8ClIN2S/c14-10-5-2-6-11-12(10)16-13(18)17(11)9-4-1-3-8(15)7-9/h1-7H,(H,16,18). The van der Waals surface area contributed by atoms with Crippen LogP contribution in [0.5, 0.6) is 0 Å². The van der Waals surface area contributed by atoms with Gasteiger partial charge in [0.05, 0.1) is 16.1 Å². The molecule has 1 heterocycles. The first-order chi connectivity index (χ1) is 8.66. The van der Waals surface area contributed by atoms with Gasteiger partial charge in [-0.1, -0.05) is 23.7 Å². The molecule has 3 rings (SSSR count). The van der Waals surface area contributed by atoms with Crippen LogP contribution in [0.3, 0.4) is 0 Å². The summed E-state index contributed by atoms with van der Waals surface area (Å²) in [5.41, 5.74) is 2.91. The largest absolute Gasteiger partial charge is 0.329 e. The van der Waals surface area contributed by atoms with Crippen LogP contribution >= 0.6 is 46.4 Å². The molecule has 0 aliphatic heterocycles. The highest BCUT2D eigenvalue weighted by Crippen LogP contribution is 2.25. The minimum atomic E-state index is 0.653. The Morgan fingerprint density at radius 1 is 1.17 bits per heavy atom. The second-order valence-electron chi connectivity index (χ2n) is 3.88. The predicted molar refractivity (Wildman–Crippen MR) is 86.2 cm³/mol. The molecule has 18 heavy (non-hydrogen) atoms. The lowest BCUT2D eigenvalue weighted by molar-refractivity contribution is 1.06. The van der Waals surface area contributed by atoms with Gasteiger partial charge in [-0.15, -0.1) is 0 Å². The van der Waals surface area contributed by atoms with Gasteiger partial charge in [0.2, 0.25) is 0 Å². The number of benzene rings is 2. The van der Waals surface area contributed by atoms with Gasteiger partial charge in [-0.3, -0.25) is 4.57 Å². The molecule has 0 spiro atoms. The van der Waals surface area contributed by atoms with Gasteiger partial charge in [0.15, 0.2) is 4.77 Å². The summed E-state index contributed by atoms with van der Waals surface area (Å²) >= 11 is 13.8. The molecule has 1 N–H and O–H groups in total. The first-order valence-electron chi connectivity index (χ1n) is 5.32. The molecule has 0 amide bonds. The zero-order chi connectivity index (χ0) is 12.7. The van der Waals surface area contributed by atoms with Crippen LogP contribution in [-0.4, -0.2) is 9.55 Å². The van der Waals surface area contributed by atoms with E-state index in [2.05, 4.69) is 39.7 Å². The lowest BCUT2D eigenvalue weighted by Crippen LogP contribution is -1.93. The van der Waals surface area contributed by atoms with Gasteiger partial charge in [-0.25, -0.2) is 0 Å². The van der Waals surface area contributed by atoms with Crippen molar-refractivity contribution in [2.75, 3.05) is 0 Å². The summed E-state index contributed by atoms with van der Waals surface area (Å²) in [4.78, 5) is 3.16. The SMILES string of the molecule is S=c1[nH]c2c(Cl)cccc2n1-c1cccc(I)c1. The van der Waals surface area contributed by atoms with Gasteiger partial charge in [-0.2, -0.15) is 0 Å². The molecule has 0 radical (unpaired) electrons. The Labute approximate surface area is 128 Å². The summed E-state index contributed by atoms with van der Waals surface area (Å²) in [6, 6.07) is 14.0. The molecule has 0 saturated carbocycles. The molecule has 3 aromatic rings. The molecule has 0 unspecified atom stereocenters. The Hall–Kier alpha value is -0.850. The molecular weight excluding hydrogens is 379 g/mol. The second kappa shape index (κ2) is 4.68. The van der Waals surface area contributed by atoms with Crippen LogP contribution in [0.15, 0.2) is 42.5 Å². The summed E-state index contributed by atoms with van der Waals surface area (Å²) in [6.45, 7) is 0. The quantitative estimate of drug-likeness (QED) is 0.464. The minimum absolute atomic E-state index is 0.653. The number of nitrogens with one attached hydrogen (secondary N) is 1. The third kappa shape index (κ3) is 1.98. The number of fused-ring (bicyclic) bond motifs is 1. The van der Waals surface area contributed by atoms with Crippen LogP contribution < -0.4 is 0 Å². The van der Waals surface area contributed by atoms with Gasteiger partial charge < -0.3 is 4.98 Å². The van der Waals surface area contributed by atoms with Gasteiger partial charge in [0.1, 0.15) is 0 Å². The fraction of sp³-hybridized carbons (Fsp3) is 0. The van der Waals surface area contributed by atoms with E-state index in [9.17, 15) is 0 Å². The van der Waals surface area contributed by atoms with Crippen LogP contribution in [-0.2, 0) is 0 Å². The average Bonchev–Trinajstić information content (AvgIpc) is 2.67. The molecule has 0 saturated heterocycles. The van der Waals surface area contributed by atoms with Gasteiger partial charge >= 0.3 is 0 Å². The third-order valence-electron chi connectivity index (χ3n) is 2.73. The van der Waals surface area contributed by atoms with Gasteiger partial charge in [0.25, 0.3) is 0 Å². The maximum absolute atomic E-state index is 6.17. The molecule has 0 fully saturated rings. The Balaban J connectivity index is 2.39. The molecule has 2 nitrogen and oxygen atoms in total. The first kappa shape index (κ1) is 12.2. The van der Waals surface area contributed by atoms with Crippen molar-refractivity contribution < 1.29 is 0 Å². The van der Waals surface area contributed by atoms with E-state index in [1.165, 1.54) is 3.57 Å². The minimum Gasteiger partial charge on any atom is -0.329 e. The summed E-state index contributed by atoms with van der Waals surface area (Å²) in [7, 11) is 0. The van der Waals surface area contributed by atoms with Crippen molar-refractivity contribution in [1.82, 2.24) is 9.55 Å². The van der Waals surface area contributed by atoms with E-state index in [0.29, 0.717) is 9.79 Å². The number of rotatable bonds is 1.